The molecule has 0 bridgehead atoms. The van der Waals surface area contributed by atoms with E-state index in [4.69, 9.17) is 14.5 Å². The first kappa shape index (κ1) is 19.6. The Labute approximate surface area is 163 Å². The fourth-order valence-corrected chi connectivity index (χ4v) is 4.39. The van der Waals surface area contributed by atoms with Crippen LogP contribution in [0, 0.1) is 11.8 Å². The summed E-state index contributed by atoms with van der Waals surface area (Å²) in [7, 11) is 1.63. The zero-order valence-electron chi connectivity index (χ0n) is 16.0. The summed E-state index contributed by atoms with van der Waals surface area (Å²) in [4.78, 5) is 18.3. The number of aliphatic carboxylic acids is 1. The predicted octanol–water partition coefficient (Wildman–Crippen LogP) is 3.76. The van der Waals surface area contributed by atoms with E-state index in [0.29, 0.717) is 31.4 Å². The minimum absolute atomic E-state index is 0.290. The van der Waals surface area contributed by atoms with Gasteiger partial charge in [0.25, 0.3) is 0 Å². The normalized spacial score (nSPS) is 20.4. The molecular weight excluding hydrogens is 364 g/mol. The van der Waals surface area contributed by atoms with Crippen molar-refractivity contribution >= 4 is 17.3 Å². The van der Waals surface area contributed by atoms with Gasteiger partial charge in [-0.1, -0.05) is 6.92 Å². The molecule has 2 atom stereocenters. The maximum absolute atomic E-state index is 11.4. The number of methoxy groups -OCH3 is 1. The zero-order chi connectivity index (χ0) is 19.4. The summed E-state index contributed by atoms with van der Waals surface area (Å²) in [5.74, 6) is 0.811. The molecule has 0 spiro atoms. The minimum Gasteiger partial charge on any atom is -0.493 e. The van der Waals surface area contributed by atoms with E-state index in [1.807, 2.05) is 30.5 Å². The molecule has 146 valence electrons. The van der Waals surface area contributed by atoms with Gasteiger partial charge in [-0.05, 0) is 37.5 Å². The molecule has 0 radical (unpaired) electrons. The SMILES string of the molecule is CCOc1ccc(-c2nc(CN3CC(C)CC(C(=O)O)C3)cs2)cc1OC. The molecule has 1 saturated heterocycles. The Morgan fingerprint density at radius 2 is 2.19 bits per heavy atom. The number of carboxylic acid groups (broad SMARTS) is 1. The number of piperidine rings is 1. The lowest BCUT2D eigenvalue weighted by atomic mass is 9.90. The highest BCUT2D eigenvalue weighted by atomic mass is 32.1. The standard InChI is InChI=1S/C20H26N2O4S/c1-4-26-17-6-5-14(8-18(17)25-3)19-21-16(12-27-19)11-22-9-13(2)7-15(10-22)20(23)24/h5-6,8,12-13,15H,4,7,9-11H2,1-3H3,(H,23,24). The second kappa shape index (κ2) is 8.71. The second-order valence-electron chi connectivity index (χ2n) is 7.01. The van der Waals surface area contributed by atoms with Crippen molar-refractivity contribution in [2.24, 2.45) is 11.8 Å². The molecule has 1 fully saturated rings. The highest BCUT2D eigenvalue weighted by Crippen LogP contribution is 2.34. The molecule has 0 amide bonds. The Bertz CT molecular complexity index is 792. The number of ether oxygens (including phenoxy) is 2. The molecule has 2 heterocycles. The van der Waals surface area contributed by atoms with Crippen molar-refractivity contribution in [1.82, 2.24) is 9.88 Å². The molecule has 6 nitrogen and oxygen atoms in total. The quantitative estimate of drug-likeness (QED) is 0.776. The van der Waals surface area contributed by atoms with Gasteiger partial charge in [0.05, 0.1) is 25.3 Å². The lowest BCUT2D eigenvalue weighted by Crippen LogP contribution is -2.42. The number of nitrogens with zero attached hydrogens (tertiary/aromatic N) is 2. The number of carboxylic acids is 1. The van der Waals surface area contributed by atoms with E-state index in [9.17, 15) is 9.90 Å². The smallest absolute Gasteiger partial charge is 0.307 e. The molecule has 2 aromatic rings. The summed E-state index contributed by atoms with van der Waals surface area (Å²) in [5, 5.41) is 12.3. The van der Waals surface area contributed by atoms with Crippen LogP contribution in [0.15, 0.2) is 23.6 Å². The summed E-state index contributed by atoms with van der Waals surface area (Å²) in [6, 6.07) is 5.83. The van der Waals surface area contributed by atoms with Crippen LogP contribution in [0.2, 0.25) is 0 Å². The second-order valence-corrected chi connectivity index (χ2v) is 7.87. The molecular formula is C20H26N2O4S. The van der Waals surface area contributed by atoms with Gasteiger partial charge in [0.2, 0.25) is 0 Å². The van der Waals surface area contributed by atoms with Crippen molar-refractivity contribution < 1.29 is 19.4 Å². The van der Waals surface area contributed by atoms with Crippen LogP contribution in [0.1, 0.15) is 26.0 Å². The molecule has 7 heteroatoms. The highest BCUT2D eigenvalue weighted by molar-refractivity contribution is 7.13. The molecule has 1 aliphatic heterocycles. The van der Waals surface area contributed by atoms with E-state index in [-0.39, 0.29) is 5.92 Å². The predicted molar refractivity (Wildman–Crippen MR) is 105 cm³/mol. The van der Waals surface area contributed by atoms with E-state index < -0.39 is 5.97 Å². The maximum Gasteiger partial charge on any atom is 0.307 e. The van der Waals surface area contributed by atoms with Crippen molar-refractivity contribution in [3.05, 3.63) is 29.3 Å². The van der Waals surface area contributed by atoms with E-state index in [1.54, 1.807) is 18.4 Å². The van der Waals surface area contributed by atoms with E-state index in [2.05, 4.69) is 11.8 Å². The third-order valence-electron chi connectivity index (χ3n) is 4.73. The minimum atomic E-state index is -0.702. The molecule has 1 aromatic carbocycles. The number of hydrogen-bond donors (Lipinski definition) is 1. The Kier molecular flexibility index (Phi) is 6.34. The Morgan fingerprint density at radius 1 is 1.37 bits per heavy atom. The van der Waals surface area contributed by atoms with E-state index in [1.165, 1.54) is 0 Å². The first-order chi connectivity index (χ1) is 13.0. The van der Waals surface area contributed by atoms with Crippen LogP contribution in [0.3, 0.4) is 0 Å². The Hall–Kier alpha value is -2.12. The monoisotopic (exact) mass is 390 g/mol. The van der Waals surface area contributed by atoms with Crippen molar-refractivity contribution in [1.29, 1.82) is 0 Å². The third-order valence-corrected chi connectivity index (χ3v) is 5.67. The fraction of sp³-hybridized carbons (Fsp3) is 0.500. The molecule has 3 rings (SSSR count). The molecule has 0 saturated carbocycles. The number of thiazole rings is 1. The third kappa shape index (κ3) is 4.78. The van der Waals surface area contributed by atoms with Crippen LogP contribution in [0.4, 0.5) is 0 Å². The van der Waals surface area contributed by atoms with Crippen LogP contribution in [0.5, 0.6) is 11.5 Å². The first-order valence-corrected chi connectivity index (χ1v) is 10.1. The van der Waals surface area contributed by atoms with Crippen LogP contribution in [-0.2, 0) is 11.3 Å². The zero-order valence-corrected chi connectivity index (χ0v) is 16.8. The Balaban J connectivity index is 1.72. The van der Waals surface area contributed by atoms with Crippen molar-refractivity contribution in [2.45, 2.75) is 26.8 Å². The van der Waals surface area contributed by atoms with Gasteiger partial charge in [-0.15, -0.1) is 11.3 Å². The van der Waals surface area contributed by atoms with E-state index in [0.717, 1.165) is 35.0 Å². The van der Waals surface area contributed by atoms with Gasteiger partial charge in [-0.3, -0.25) is 9.69 Å². The van der Waals surface area contributed by atoms with Gasteiger partial charge in [-0.25, -0.2) is 4.98 Å². The van der Waals surface area contributed by atoms with Crippen LogP contribution in [-0.4, -0.2) is 47.8 Å². The summed E-state index contributed by atoms with van der Waals surface area (Å²) < 4.78 is 11.0. The first-order valence-electron chi connectivity index (χ1n) is 9.21. The lowest BCUT2D eigenvalue weighted by molar-refractivity contribution is -0.144. The number of rotatable bonds is 7. The highest BCUT2D eigenvalue weighted by Gasteiger charge is 2.29. The van der Waals surface area contributed by atoms with Gasteiger partial charge >= 0.3 is 5.97 Å². The maximum atomic E-state index is 11.4. The van der Waals surface area contributed by atoms with Crippen molar-refractivity contribution in [3.63, 3.8) is 0 Å². The van der Waals surface area contributed by atoms with Gasteiger partial charge in [0.15, 0.2) is 11.5 Å². The lowest BCUT2D eigenvalue weighted by Gasteiger charge is -2.34. The summed E-state index contributed by atoms with van der Waals surface area (Å²) in [6.45, 7) is 6.82. The molecule has 1 aliphatic rings. The molecule has 1 aromatic heterocycles. The van der Waals surface area contributed by atoms with Crippen LogP contribution < -0.4 is 9.47 Å². The summed E-state index contributed by atoms with van der Waals surface area (Å²) in [5.41, 5.74) is 1.96. The van der Waals surface area contributed by atoms with Crippen molar-refractivity contribution in [3.8, 4) is 22.1 Å². The van der Waals surface area contributed by atoms with Gasteiger partial charge in [0.1, 0.15) is 5.01 Å². The number of aromatic nitrogens is 1. The molecule has 0 aliphatic carbocycles. The fourth-order valence-electron chi connectivity index (χ4n) is 3.59. The van der Waals surface area contributed by atoms with Gasteiger partial charge in [-0.2, -0.15) is 0 Å². The van der Waals surface area contributed by atoms with Crippen molar-refractivity contribution in [2.75, 3.05) is 26.8 Å². The van der Waals surface area contributed by atoms with Crippen LogP contribution >= 0.6 is 11.3 Å². The average molecular weight is 391 g/mol. The number of carbonyl (C=O) groups is 1. The summed E-state index contributed by atoms with van der Waals surface area (Å²) >= 11 is 1.59. The number of benzene rings is 1. The molecule has 2 unspecified atom stereocenters. The van der Waals surface area contributed by atoms with Crippen LogP contribution in [0.25, 0.3) is 10.6 Å². The number of likely N-dealkylation sites (tertiary alicyclic amines) is 1. The topological polar surface area (TPSA) is 71.9 Å². The molecule has 27 heavy (non-hydrogen) atoms. The number of hydrogen-bond acceptors (Lipinski definition) is 6. The van der Waals surface area contributed by atoms with Gasteiger partial charge in [0, 0.05) is 30.6 Å². The molecule has 1 N–H and O–H groups in total. The summed E-state index contributed by atoms with van der Waals surface area (Å²) in [6.07, 6.45) is 0.750. The van der Waals surface area contributed by atoms with E-state index >= 15 is 0 Å². The largest absolute Gasteiger partial charge is 0.493 e. The average Bonchev–Trinajstić information content (AvgIpc) is 3.10. The van der Waals surface area contributed by atoms with Gasteiger partial charge < -0.3 is 14.6 Å². The Morgan fingerprint density at radius 3 is 2.89 bits per heavy atom.